The first kappa shape index (κ1) is 13.6. The van der Waals surface area contributed by atoms with Gasteiger partial charge in [0.15, 0.2) is 0 Å². The molecule has 0 aliphatic carbocycles. The number of nitrogens with zero attached hydrogens (tertiary/aromatic N) is 3. The summed E-state index contributed by atoms with van der Waals surface area (Å²) in [5.74, 6) is 0. The molecule has 102 valence electrons. The lowest BCUT2D eigenvalue weighted by molar-refractivity contribution is 0.214. The Balaban J connectivity index is 1.69. The van der Waals surface area contributed by atoms with Crippen LogP contribution in [-0.4, -0.2) is 45.5 Å². The molecule has 4 heteroatoms. The minimum Gasteiger partial charge on any atom is -0.396 e. The van der Waals surface area contributed by atoms with Crippen molar-refractivity contribution in [2.45, 2.75) is 44.6 Å². The van der Waals surface area contributed by atoms with Gasteiger partial charge in [0.25, 0.3) is 0 Å². The standard InChI is InChI=1S/C14H25N3O/c1-16-12-13(11-15-16)5-2-8-17-9-3-6-14(17)7-4-10-18/h11-12,14,18H,2-10H2,1H3. The van der Waals surface area contributed by atoms with Crippen molar-refractivity contribution in [2.24, 2.45) is 7.05 Å². The van der Waals surface area contributed by atoms with E-state index in [1.807, 2.05) is 17.9 Å². The fourth-order valence-corrected chi connectivity index (χ4v) is 2.93. The van der Waals surface area contributed by atoms with Gasteiger partial charge in [-0.25, -0.2) is 0 Å². The molecular weight excluding hydrogens is 226 g/mol. The SMILES string of the molecule is Cn1cc(CCCN2CCCC2CCCO)cn1. The Kier molecular flexibility index (Phi) is 5.20. The molecule has 0 amide bonds. The van der Waals surface area contributed by atoms with Gasteiger partial charge in [0.05, 0.1) is 6.20 Å². The molecule has 1 unspecified atom stereocenters. The third-order valence-corrected chi connectivity index (χ3v) is 3.86. The third kappa shape index (κ3) is 3.82. The lowest BCUT2D eigenvalue weighted by Crippen LogP contribution is -2.30. The van der Waals surface area contributed by atoms with Crippen LogP contribution in [-0.2, 0) is 13.5 Å². The van der Waals surface area contributed by atoms with Gasteiger partial charge in [0.2, 0.25) is 0 Å². The molecule has 1 aromatic heterocycles. The van der Waals surface area contributed by atoms with E-state index in [1.165, 1.54) is 37.9 Å². The van der Waals surface area contributed by atoms with E-state index in [9.17, 15) is 0 Å². The Morgan fingerprint density at radius 2 is 2.33 bits per heavy atom. The minimum atomic E-state index is 0.333. The maximum atomic E-state index is 8.91. The predicted octanol–water partition coefficient (Wildman–Crippen LogP) is 1.59. The Morgan fingerprint density at radius 3 is 3.06 bits per heavy atom. The smallest absolute Gasteiger partial charge is 0.0521 e. The normalized spacial score (nSPS) is 20.7. The summed E-state index contributed by atoms with van der Waals surface area (Å²) in [6.07, 6.45) is 11.1. The van der Waals surface area contributed by atoms with Crippen LogP contribution in [0.3, 0.4) is 0 Å². The first-order chi connectivity index (χ1) is 8.79. The number of aliphatic hydroxyl groups is 1. The summed E-state index contributed by atoms with van der Waals surface area (Å²) >= 11 is 0. The van der Waals surface area contributed by atoms with Crippen LogP contribution in [0.1, 0.15) is 37.7 Å². The van der Waals surface area contributed by atoms with E-state index in [4.69, 9.17) is 5.11 Å². The highest BCUT2D eigenvalue weighted by molar-refractivity contribution is 5.03. The Hall–Kier alpha value is -0.870. The first-order valence-corrected chi connectivity index (χ1v) is 7.12. The van der Waals surface area contributed by atoms with E-state index in [-0.39, 0.29) is 0 Å². The lowest BCUT2D eigenvalue weighted by atomic mass is 10.1. The van der Waals surface area contributed by atoms with Crippen LogP contribution in [0.4, 0.5) is 0 Å². The minimum absolute atomic E-state index is 0.333. The summed E-state index contributed by atoms with van der Waals surface area (Å²) in [4.78, 5) is 2.60. The van der Waals surface area contributed by atoms with Crippen molar-refractivity contribution < 1.29 is 5.11 Å². The second-order valence-electron chi connectivity index (χ2n) is 5.32. The summed E-state index contributed by atoms with van der Waals surface area (Å²) in [6.45, 7) is 2.76. The van der Waals surface area contributed by atoms with Crippen LogP contribution in [0.15, 0.2) is 12.4 Å². The van der Waals surface area contributed by atoms with Gasteiger partial charge < -0.3 is 10.0 Å². The molecule has 1 N–H and O–H groups in total. The Bertz CT molecular complexity index is 351. The van der Waals surface area contributed by atoms with Gasteiger partial charge in [-0.05, 0) is 57.2 Å². The topological polar surface area (TPSA) is 41.3 Å². The van der Waals surface area contributed by atoms with Crippen LogP contribution in [0, 0.1) is 0 Å². The van der Waals surface area contributed by atoms with Crippen LogP contribution in [0.5, 0.6) is 0 Å². The zero-order valence-electron chi connectivity index (χ0n) is 11.4. The zero-order valence-corrected chi connectivity index (χ0v) is 11.4. The van der Waals surface area contributed by atoms with Crippen LogP contribution >= 0.6 is 0 Å². The molecule has 0 bridgehead atoms. The van der Waals surface area contributed by atoms with Gasteiger partial charge >= 0.3 is 0 Å². The fourth-order valence-electron chi connectivity index (χ4n) is 2.93. The molecule has 1 atom stereocenters. The van der Waals surface area contributed by atoms with Gasteiger partial charge in [-0.1, -0.05) is 0 Å². The maximum Gasteiger partial charge on any atom is 0.0521 e. The predicted molar refractivity (Wildman–Crippen MR) is 72.4 cm³/mol. The second-order valence-corrected chi connectivity index (χ2v) is 5.32. The zero-order chi connectivity index (χ0) is 12.8. The number of hydrogen-bond acceptors (Lipinski definition) is 3. The van der Waals surface area contributed by atoms with Crippen molar-refractivity contribution in [1.82, 2.24) is 14.7 Å². The average molecular weight is 251 g/mol. The van der Waals surface area contributed by atoms with Crippen molar-refractivity contribution >= 4 is 0 Å². The summed E-state index contributed by atoms with van der Waals surface area (Å²) in [6, 6.07) is 0.714. The van der Waals surface area contributed by atoms with Gasteiger partial charge in [-0.15, -0.1) is 0 Å². The van der Waals surface area contributed by atoms with E-state index >= 15 is 0 Å². The Morgan fingerprint density at radius 1 is 1.44 bits per heavy atom. The fraction of sp³-hybridized carbons (Fsp3) is 0.786. The highest BCUT2D eigenvalue weighted by Crippen LogP contribution is 2.21. The molecule has 1 aromatic rings. The summed E-state index contributed by atoms with van der Waals surface area (Å²) < 4.78 is 1.87. The summed E-state index contributed by atoms with van der Waals surface area (Å²) in [5.41, 5.74) is 1.34. The van der Waals surface area contributed by atoms with E-state index in [0.717, 1.165) is 19.3 Å². The van der Waals surface area contributed by atoms with Crippen molar-refractivity contribution in [3.63, 3.8) is 0 Å². The van der Waals surface area contributed by atoms with E-state index in [1.54, 1.807) is 0 Å². The molecule has 1 fully saturated rings. The molecular formula is C14H25N3O. The molecule has 0 spiro atoms. The average Bonchev–Trinajstić information content (AvgIpc) is 2.96. The lowest BCUT2D eigenvalue weighted by Gasteiger charge is -2.24. The molecule has 1 aliphatic heterocycles. The number of aliphatic hydroxyl groups excluding tert-OH is 1. The summed E-state index contributed by atoms with van der Waals surface area (Å²) in [5, 5.41) is 13.1. The molecule has 18 heavy (non-hydrogen) atoms. The highest BCUT2D eigenvalue weighted by atomic mass is 16.2. The molecule has 4 nitrogen and oxygen atoms in total. The van der Waals surface area contributed by atoms with E-state index in [0.29, 0.717) is 12.6 Å². The maximum absolute atomic E-state index is 8.91. The molecule has 0 saturated carbocycles. The van der Waals surface area contributed by atoms with Gasteiger partial charge in [-0.2, -0.15) is 5.10 Å². The monoisotopic (exact) mass is 251 g/mol. The number of rotatable bonds is 7. The quantitative estimate of drug-likeness (QED) is 0.800. The van der Waals surface area contributed by atoms with Crippen molar-refractivity contribution in [3.8, 4) is 0 Å². The number of aryl methyl sites for hydroxylation is 2. The molecule has 1 aliphatic rings. The molecule has 0 radical (unpaired) electrons. The van der Waals surface area contributed by atoms with Crippen molar-refractivity contribution in [3.05, 3.63) is 18.0 Å². The molecule has 2 heterocycles. The van der Waals surface area contributed by atoms with E-state index in [2.05, 4.69) is 16.2 Å². The molecule has 0 aromatic carbocycles. The first-order valence-electron chi connectivity index (χ1n) is 7.12. The number of hydrogen-bond donors (Lipinski definition) is 1. The largest absolute Gasteiger partial charge is 0.396 e. The van der Waals surface area contributed by atoms with Crippen molar-refractivity contribution in [2.75, 3.05) is 19.7 Å². The Labute approximate surface area is 110 Å². The second kappa shape index (κ2) is 6.90. The summed E-state index contributed by atoms with van der Waals surface area (Å²) in [7, 11) is 1.97. The van der Waals surface area contributed by atoms with Gasteiger partial charge in [0.1, 0.15) is 0 Å². The number of aromatic nitrogens is 2. The van der Waals surface area contributed by atoms with Crippen LogP contribution < -0.4 is 0 Å². The van der Waals surface area contributed by atoms with Gasteiger partial charge in [-0.3, -0.25) is 4.68 Å². The van der Waals surface area contributed by atoms with Crippen LogP contribution in [0.2, 0.25) is 0 Å². The number of likely N-dealkylation sites (tertiary alicyclic amines) is 1. The highest BCUT2D eigenvalue weighted by Gasteiger charge is 2.23. The molecule has 2 rings (SSSR count). The molecule has 1 saturated heterocycles. The third-order valence-electron chi connectivity index (χ3n) is 3.86. The van der Waals surface area contributed by atoms with Gasteiger partial charge in [0, 0.05) is 25.9 Å². The van der Waals surface area contributed by atoms with Crippen molar-refractivity contribution in [1.29, 1.82) is 0 Å². The van der Waals surface area contributed by atoms with E-state index < -0.39 is 0 Å². The van der Waals surface area contributed by atoms with Crippen LogP contribution in [0.25, 0.3) is 0 Å².